The summed E-state index contributed by atoms with van der Waals surface area (Å²) >= 11 is 0. The van der Waals surface area contributed by atoms with Gasteiger partial charge >= 0.3 is 0 Å². The zero-order valence-electron chi connectivity index (χ0n) is 10.1. The Bertz CT molecular complexity index is 166. The minimum absolute atomic E-state index is 0.499. The van der Waals surface area contributed by atoms with Crippen LogP contribution < -0.4 is 5.73 Å². The van der Waals surface area contributed by atoms with Crippen molar-refractivity contribution in [3.63, 3.8) is 0 Å². The van der Waals surface area contributed by atoms with Crippen molar-refractivity contribution in [3.05, 3.63) is 0 Å². The first kappa shape index (κ1) is 12.0. The molecule has 84 valence electrons. The summed E-state index contributed by atoms with van der Waals surface area (Å²) in [6.45, 7) is 10.3. The number of nitrogens with zero attached hydrogens (tertiary/aromatic N) is 1. The minimum Gasteiger partial charge on any atom is -0.329 e. The molecule has 14 heavy (non-hydrogen) atoms. The molecule has 0 amide bonds. The summed E-state index contributed by atoms with van der Waals surface area (Å²) in [6, 6.07) is 0.625. The Balaban J connectivity index is 2.49. The lowest BCUT2D eigenvalue weighted by Gasteiger charge is -2.42. The first-order chi connectivity index (χ1) is 6.59. The van der Waals surface area contributed by atoms with Gasteiger partial charge in [-0.25, -0.2) is 0 Å². The second-order valence-electron chi connectivity index (χ2n) is 5.42. The molecule has 1 saturated heterocycles. The molecule has 1 fully saturated rings. The standard InChI is InChI=1S/C12H26N2/c1-4-6-11(9-13)14-8-5-7-12(2,3)10-14/h11H,4-10,13H2,1-3H3. The molecule has 2 nitrogen and oxygen atoms in total. The summed E-state index contributed by atoms with van der Waals surface area (Å²) < 4.78 is 0. The molecular formula is C12H26N2. The van der Waals surface area contributed by atoms with Crippen molar-refractivity contribution in [2.75, 3.05) is 19.6 Å². The third-order valence-electron chi connectivity index (χ3n) is 3.34. The van der Waals surface area contributed by atoms with Crippen LogP contribution in [0.1, 0.15) is 46.5 Å². The Hall–Kier alpha value is -0.0800. The highest BCUT2D eigenvalue weighted by atomic mass is 15.2. The molecule has 0 spiro atoms. The van der Waals surface area contributed by atoms with E-state index in [0.29, 0.717) is 11.5 Å². The summed E-state index contributed by atoms with van der Waals surface area (Å²) in [5, 5.41) is 0. The zero-order valence-corrected chi connectivity index (χ0v) is 10.1. The van der Waals surface area contributed by atoms with Gasteiger partial charge in [-0.1, -0.05) is 27.2 Å². The summed E-state index contributed by atoms with van der Waals surface area (Å²) in [7, 11) is 0. The average molecular weight is 198 g/mol. The molecule has 0 aliphatic carbocycles. The molecule has 0 aromatic heterocycles. The van der Waals surface area contributed by atoms with Crippen LogP contribution in [-0.4, -0.2) is 30.6 Å². The highest BCUT2D eigenvalue weighted by Gasteiger charge is 2.29. The molecule has 2 heteroatoms. The van der Waals surface area contributed by atoms with Crippen LogP contribution in [-0.2, 0) is 0 Å². The van der Waals surface area contributed by atoms with Crippen molar-refractivity contribution in [2.45, 2.75) is 52.5 Å². The largest absolute Gasteiger partial charge is 0.329 e. The van der Waals surface area contributed by atoms with Gasteiger partial charge in [0.2, 0.25) is 0 Å². The van der Waals surface area contributed by atoms with E-state index in [0.717, 1.165) is 6.54 Å². The van der Waals surface area contributed by atoms with E-state index in [1.165, 1.54) is 38.8 Å². The van der Waals surface area contributed by atoms with Gasteiger partial charge < -0.3 is 5.73 Å². The van der Waals surface area contributed by atoms with E-state index in [1.807, 2.05) is 0 Å². The van der Waals surface area contributed by atoms with Gasteiger partial charge in [-0.15, -0.1) is 0 Å². The maximum Gasteiger partial charge on any atom is 0.0218 e. The van der Waals surface area contributed by atoms with Crippen LogP contribution in [0.2, 0.25) is 0 Å². The van der Waals surface area contributed by atoms with Crippen LogP contribution in [0.5, 0.6) is 0 Å². The molecule has 1 atom stereocenters. The topological polar surface area (TPSA) is 29.3 Å². The molecule has 1 unspecified atom stereocenters. The second-order valence-corrected chi connectivity index (χ2v) is 5.42. The van der Waals surface area contributed by atoms with Crippen molar-refractivity contribution >= 4 is 0 Å². The summed E-state index contributed by atoms with van der Waals surface area (Å²) in [4.78, 5) is 2.60. The number of nitrogens with two attached hydrogens (primary N) is 1. The second kappa shape index (κ2) is 5.13. The van der Waals surface area contributed by atoms with Crippen LogP contribution in [0.4, 0.5) is 0 Å². The highest BCUT2D eigenvalue weighted by Crippen LogP contribution is 2.29. The molecule has 2 N–H and O–H groups in total. The van der Waals surface area contributed by atoms with Crippen molar-refractivity contribution < 1.29 is 0 Å². The Kier molecular flexibility index (Phi) is 4.39. The Morgan fingerprint density at radius 3 is 2.64 bits per heavy atom. The first-order valence-electron chi connectivity index (χ1n) is 6.03. The zero-order chi connectivity index (χ0) is 10.6. The van der Waals surface area contributed by atoms with Gasteiger partial charge in [0.05, 0.1) is 0 Å². The van der Waals surface area contributed by atoms with Gasteiger partial charge in [-0.2, -0.15) is 0 Å². The molecule has 1 aliphatic heterocycles. The SMILES string of the molecule is CCCC(CN)N1CCCC(C)(C)C1. The van der Waals surface area contributed by atoms with Gasteiger partial charge in [0, 0.05) is 19.1 Å². The van der Waals surface area contributed by atoms with E-state index in [-0.39, 0.29) is 0 Å². The van der Waals surface area contributed by atoms with Crippen molar-refractivity contribution in [1.82, 2.24) is 4.90 Å². The van der Waals surface area contributed by atoms with E-state index in [9.17, 15) is 0 Å². The summed E-state index contributed by atoms with van der Waals surface area (Å²) in [5.41, 5.74) is 6.34. The fourth-order valence-electron chi connectivity index (χ4n) is 2.56. The van der Waals surface area contributed by atoms with Gasteiger partial charge in [0.25, 0.3) is 0 Å². The van der Waals surface area contributed by atoms with Gasteiger partial charge in [-0.05, 0) is 31.2 Å². The Labute approximate surface area is 88.8 Å². The van der Waals surface area contributed by atoms with Crippen LogP contribution in [0, 0.1) is 5.41 Å². The molecule has 0 aromatic carbocycles. The van der Waals surface area contributed by atoms with Gasteiger partial charge in [0.1, 0.15) is 0 Å². The van der Waals surface area contributed by atoms with E-state index < -0.39 is 0 Å². The lowest BCUT2D eigenvalue weighted by Crippen LogP contribution is -2.48. The summed E-state index contributed by atoms with van der Waals surface area (Å²) in [5.74, 6) is 0. The number of hydrogen-bond donors (Lipinski definition) is 1. The minimum atomic E-state index is 0.499. The number of piperidine rings is 1. The molecule has 1 heterocycles. The summed E-state index contributed by atoms with van der Waals surface area (Å²) in [6.07, 6.45) is 5.21. The van der Waals surface area contributed by atoms with Crippen LogP contribution in [0.25, 0.3) is 0 Å². The first-order valence-corrected chi connectivity index (χ1v) is 6.03. The fourth-order valence-corrected chi connectivity index (χ4v) is 2.56. The van der Waals surface area contributed by atoms with Gasteiger partial charge in [0.15, 0.2) is 0 Å². The molecular weight excluding hydrogens is 172 g/mol. The van der Waals surface area contributed by atoms with E-state index in [1.54, 1.807) is 0 Å². The maximum absolute atomic E-state index is 5.84. The van der Waals surface area contributed by atoms with Crippen LogP contribution in [0.3, 0.4) is 0 Å². The molecule has 0 saturated carbocycles. The Morgan fingerprint density at radius 2 is 2.14 bits per heavy atom. The molecule has 0 bridgehead atoms. The highest BCUT2D eigenvalue weighted by molar-refractivity contribution is 4.84. The third kappa shape index (κ3) is 3.25. The average Bonchev–Trinajstić information content (AvgIpc) is 2.12. The molecule has 0 aromatic rings. The third-order valence-corrected chi connectivity index (χ3v) is 3.34. The van der Waals surface area contributed by atoms with Crippen molar-refractivity contribution in [1.29, 1.82) is 0 Å². The van der Waals surface area contributed by atoms with Crippen molar-refractivity contribution in [2.24, 2.45) is 11.1 Å². The van der Waals surface area contributed by atoms with Crippen LogP contribution >= 0.6 is 0 Å². The number of hydrogen-bond acceptors (Lipinski definition) is 2. The predicted octanol–water partition coefficient (Wildman–Crippen LogP) is 2.24. The fraction of sp³-hybridized carbons (Fsp3) is 1.00. The maximum atomic E-state index is 5.84. The molecule has 0 radical (unpaired) electrons. The number of likely N-dealkylation sites (tertiary alicyclic amines) is 1. The van der Waals surface area contributed by atoms with Crippen molar-refractivity contribution in [3.8, 4) is 0 Å². The Morgan fingerprint density at radius 1 is 1.43 bits per heavy atom. The lowest BCUT2D eigenvalue weighted by atomic mass is 9.83. The lowest BCUT2D eigenvalue weighted by molar-refractivity contribution is 0.0770. The van der Waals surface area contributed by atoms with E-state index in [4.69, 9.17) is 5.73 Å². The smallest absolute Gasteiger partial charge is 0.0218 e. The normalized spacial score (nSPS) is 24.9. The predicted molar refractivity (Wildman–Crippen MR) is 62.3 cm³/mol. The monoisotopic (exact) mass is 198 g/mol. The van der Waals surface area contributed by atoms with E-state index in [2.05, 4.69) is 25.7 Å². The molecule has 1 aliphatic rings. The van der Waals surface area contributed by atoms with Gasteiger partial charge in [-0.3, -0.25) is 4.90 Å². The number of rotatable bonds is 4. The quantitative estimate of drug-likeness (QED) is 0.750. The van der Waals surface area contributed by atoms with Crippen LogP contribution in [0.15, 0.2) is 0 Å². The van der Waals surface area contributed by atoms with E-state index >= 15 is 0 Å². The molecule has 1 rings (SSSR count).